The molecule has 1 aromatic heterocycles. The van der Waals surface area contributed by atoms with Crippen LogP contribution in [-0.4, -0.2) is 65.0 Å². The summed E-state index contributed by atoms with van der Waals surface area (Å²) >= 11 is 0. The lowest BCUT2D eigenvalue weighted by atomic mass is 10.1. The highest BCUT2D eigenvalue weighted by molar-refractivity contribution is 6.10. The highest BCUT2D eigenvalue weighted by Gasteiger charge is 2.27. The van der Waals surface area contributed by atoms with Gasteiger partial charge < -0.3 is 14.6 Å². The van der Waals surface area contributed by atoms with Crippen LogP contribution >= 0.6 is 0 Å². The molecule has 0 saturated carbocycles. The fourth-order valence-electron chi connectivity index (χ4n) is 3.33. The predicted octanol–water partition coefficient (Wildman–Crippen LogP) is 3.21. The summed E-state index contributed by atoms with van der Waals surface area (Å²) in [6, 6.07) is 7.87. The fraction of sp³-hybridized carbons (Fsp3) is 0.500. The third-order valence-corrected chi connectivity index (χ3v) is 4.56. The molecule has 26 heavy (non-hydrogen) atoms. The summed E-state index contributed by atoms with van der Waals surface area (Å²) in [5.74, 6) is 0.116. The molecule has 1 aliphatic rings. The lowest BCUT2D eigenvalue weighted by Gasteiger charge is -2.35. The number of piperazine rings is 1. The van der Waals surface area contributed by atoms with Gasteiger partial charge >= 0.3 is 6.09 Å². The summed E-state index contributed by atoms with van der Waals surface area (Å²) in [5, 5.41) is 0.974. The molecule has 6 heteroatoms. The molecule has 1 aromatic carbocycles. The van der Waals surface area contributed by atoms with E-state index in [1.165, 1.54) is 0 Å². The maximum absolute atomic E-state index is 12.8. The van der Waals surface area contributed by atoms with E-state index in [1.807, 2.05) is 52.0 Å². The number of hydrogen-bond donors (Lipinski definition) is 1. The lowest BCUT2D eigenvalue weighted by molar-refractivity contribution is 0.0149. The molecule has 3 rings (SSSR count). The zero-order valence-corrected chi connectivity index (χ0v) is 16.0. The Kier molecular flexibility index (Phi) is 5.05. The van der Waals surface area contributed by atoms with E-state index in [-0.39, 0.29) is 11.9 Å². The van der Waals surface area contributed by atoms with Crippen molar-refractivity contribution in [3.8, 4) is 0 Å². The molecule has 140 valence electrons. The van der Waals surface area contributed by atoms with Gasteiger partial charge in [-0.2, -0.15) is 0 Å². The normalized spacial score (nSPS) is 16.1. The van der Waals surface area contributed by atoms with E-state index < -0.39 is 5.60 Å². The smallest absolute Gasteiger partial charge is 0.410 e. The summed E-state index contributed by atoms with van der Waals surface area (Å²) in [6.45, 7) is 10.4. The summed E-state index contributed by atoms with van der Waals surface area (Å²) in [5.41, 5.74) is 2.18. The number of carbonyl (C=O) groups is 2. The maximum Gasteiger partial charge on any atom is 0.410 e. The highest BCUT2D eigenvalue weighted by Crippen LogP contribution is 2.22. The molecule has 0 unspecified atom stereocenters. The van der Waals surface area contributed by atoms with Gasteiger partial charge in [0.15, 0.2) is 5.78 Å². The number of aromatic nitrogens is 1. The molecular weight excluding hydrogens is 330 g/mol. The fourth-order valence-corrected chi connectivity index (χ4v) is 3.33. The Balaban J connectivity index is 1.60. The molecule has 1 fully saturated rings. The van der Waals surface area contributed by atoms with E-state index in [1.54, 1.807) is 4.90 Å². The number of rotatable bonds is 3. The van der Waals surface area contributed by atoms with Crippen molar-refractivity contribution in [2.75, 3.05) is 32.7 Å². The minimum absolute atomic E-state index is 0.116. The molecule has 2 aromatic rings. The number of ketones is 1. The molecular formula is C20H27N3O3. The first kappa shape index (κ1) is 18.5. The van der Waals surface area contributed by atoms with Crippen molar-refractivity contribution >= 4 is 22.8 Å². The van der Waals surface area contributed by atoms with E-state index in [0.717, 1.165) is 22.2 Å². The Bertz CT molecular complexity index is 811. The van der Waals surface area contributed by atoms with Gasteiger partial charge in [0, 0.05) is 48.3 Å². The summed E-state index contributed by atoms with van der Waals surface area (Å²) in [7, 11) is 0. The number of Topliss-reactive ketones (excluding diaryl/α,β-unsaturated/α-hetero) is 1. The van der Waals surface area contributed by atoms with Gasteiger partial charge in [0.25, 0.3) is 0 Å². The molecule has 0 spiro atoms. The summed E-state index contributed by atoms with van der Waals surface area (Å²) in [6.07, 6.45) is -0.282. The van der Waals surface area contributed by atoms with Crippen molar-refractivity contribution in [1.82, 2.24) is 14.8 Å². The number of H-pyrrole nitrogens is 1. The van der Waals surface area contributed by atoms with Gasteiger partial charge in [0.1, 0.15) is 5.60 Å². The Morgan fingerprint density at radius 3 is 2.42 bits per heavy atom. The average molecular weight is 357 g/mol. The second kappa shape index (κ2) is 7.11. The molecule has 2 heterocycles. The van der Waals surface area contributed by atoms with Gasteiger partial charge in [-0.1, -0.05) is 18.2 Å². The van der Waals surface area contributed by atoms with Crippen LogP contribution in [0.2, 0.25) is 0 Å². The number of para-hydroxylation sites is 1. The Labute approximate surface area is 154 Å². The number of ether oxygens (including phenoxy) is 1. The first-order valence-corrected chi connectivity index (χ1v) is 9.05. The summed E-state index contributed by atoms with van der Waals surface area (Å²) in [4.78, 5) is 32.1. The van der Waals surface area contributed by atoms with Crippen LogP contribution in [0.15, 0.2) is 24.3 Å². The zero-order valence-electron chi connectivity index (χ0n) is 16.0. The zero-order chi connectivity index (χ0) is 18.9. The molecule has 1 aliphatic heterocycles. The highest BCUT2D eigenvalue weighted by atomic mass is 16.6. The third-order valence-electron chi connectivity index (χ3n) is 4.56. The first-order chi connectivity index (χ1) is 12.2. The molecule has 0 atom stereocenters. The van der Waals surface area contributed by atoms with E-state index in [9.17, 15) is 9.59 Å². The van der Waals surface area contributed by atoms with E-state index in [4.69, 9.17) is 4.74 Å². The van der Waals surface area contributed by atoms with E-state index >= 15 is 0 Å². The van der Waals surface area contributed by atoms with Gasteiger partial charge in [-0.15, -0.1) is 0 Å². The summed E-state index contributed by atoms with van der Waals surface area (Å²) < 4.78 is 5.41. The van der Waals surface area contributed by atoms with Crippen LogP contribution < -0.4 is 0 Å². The molecule has 0 bridgehead atoms. The number of aryl methyl sites for hydroxylation is 1. The van der Waals surface area contributed by atoms with E-state index in [2.05, 4.69) is 9.88 Å². The van der Waals surface area contributed by atoms with Crippen LogP contribution in [0.25, 0.3) is 10.9 Å². The van der Waals surface area contributed by atoms with Crippen LogP contribution in [0.4, 0.5) is 4.79 Å². The number of aromatic amines is 1. The van der Waals surface area contributed by atoms with Crippen molar-refractivity contribution in [1.29, 1.82) is 0 Å². The number of carbonyl (C=O) groups excluding carboxylic acids is 2. The van der Waals surface area contributed by atoms with E-state index in [0.29, 0.717) is 32.7 Å². The van der Waals surface area contributed by atoms with Crippen molar-refractivity contribution in [3.63, 3.8) is 0 Å². The topological polar surface area (TPSA) is 65.6 Å². The third kappa shape index (κ3) is 4.07. The number of fused-ring (bicyclic) bond motifs is 1. The van der Waals surface area contributed by atoms with Crippen molar-refractivity contribution < 1.29 is 14.3 Å². The Hall–Kier alpha value is -2.34. The predicted molar refractivity (Wildman–Crippen MR) is 102 cm³/mol. The molecule has 0 aliphatic carbocycles. The Morgan fingerprint density at radius 2 is 1.77 bits per heavy atom. The van der Waals surface area contributed by atoms with Crippen LogP contribution in [-0.2, 0) is 4.74 Å². The maximum atomic E-state index is 12.8. The van der Waals surface area contributed by atoms with Crippen LogP contribution in [0.3, 0.4) is 0 Å². The lowest BCUT2D eigenvalue weighted by Crippen LogP contribution is -2.51. The van der Waals surface area contributed by atoms with Gasteiger partial charge in [0.2, 0.25) is 0 Å². The van der Waals surface area contributed by atoms with Crippen LogP contribution in [0.1, 0.15) is 36.8 Å². The van der Waals surface area contributed by atoms with Gasteiger partial charge in [-0.3, -0.25) is 9.69 Å². The molecule has 1 saturated heterocycles. The standard InChI is InChI=1S/C20H27N3O3/c1-14-18(15-7-5-6-8-16(15)21-14)17(24)13-22-9-11-23(12-10-22)19(25)26-20(2,3)4/h5-8,21H,9-13H2,1-4H3. The SMILES string of the molecule is Cc1[nH]c2ccccc2c1C(=O)CN1CCN(C(=O)OC(C)(C)C)CC1. The van der Waals surface area contributed by atoms with Gasteiger partial charge in [0.05, 0.1) is 6.54 Å². The van der Waals surface area contributed by atoms with Crippen LogP contribution in [0, 0.1) is 6.92 Å². The molecule has 6 nitrogen and oxygen atoms in total. The Morgan fingerprint density at radius 1 is 1.12 bits per heavy atom. The number of benzene rings is 1. The molecule has 1 N–H and O–H groups in total. The number of amides is 1. The number of nitrogens with one attached hydrogen (secondary N) is 1. The van der Waals surface area contributed by atoms with Crippen molar-refractivity contribution in [3.05, 3.63) is 35.5 Å². The average Bonchev–Trinajstić information content (AvgIpc) is 2.89. The quantitative estimate of drug-likeness (QED) is 0.857. The van der Waals surface area contributed by atoms with Crippen LogP contribution in [0.5, 0.6) is 0 Å². The second-order valence-electron chi connectivity index (χ2n) is 7.84. The first-order valence-electron chi connectivity index (χ1n) is 9.05. The number of nitrogens with zero attached hydrogens (tertiary/aromatic N) is 2. The van der Waals surface area contributed by atoms with Gasteiger partial charge in [-0.25, -0.2) is 4.79 Å². The molecule has 1 amide bonds. The number of hydrogen-bond acceptors (Lipinski definition) is 4. The second-order valence-corrected chi connectivity index (χ2v) is 7.84. The minimum atomic E-state index is -0.489. The van der Waals surface area contributed by atoms with Crippen molar-refractivity contribution in [2.45, 2.75) is 33.3 Å². The van der Waals surface area contributed by atoms with Crippen molar-refractivity contribution in [2.24, 2.45) is 0 Å². The van der Waals surface area contributed by atoms with Gasteiger partial charge in [-0.05, 0) is 33.8 Å². The minimum Gasteiger partial charge on any atom is -0.444 e. The monoisotopic (exact) mass is 357 g/mol. The largest absolute Gasteiger partial charge is 0.444 e. The molecule has 0 radical (unpaired) electrons.